The molecular formula is C9H16N2O4S. The first kappa shape index (κ1) is 13.1. The summed E-state index contributed by atoms with van der Waals surface area (Å²) in [6, 6.07) is -1.09. The van der Waals surface area contributed by atoms with Crippen LogP contribution < -0.4 is 11.1 Å². The van der Waals surface area contributed by atoms with Crippen molar-refractivity contribution >= 4 is 22.7 Å². The van der Waals surface area contributed by atoms with Gasteiger partial charge in [-0.25, -0.2) is 0 Å². The molecule has 0 aliphatic carbocycles. The van der Waals surface area contributed by atoms with Gasteiger partial charge in [0.25, 0.3) is 0 Å². The topological polar surface area (TPSA) is 109 Å². The molecule has 16 heavy (non-hydrogen) atoms. The predicted molar refractivity (Wildman–Crippen MR) is 59.3 cm³/mol. The van der Waals surface area contributed by atoms with E-state index in [0.717, 1.165) is 0 Å². The Labute approximate surface area is 96.0 Å². The Hall–Kier alpha value is -0.950. The lowest BCUT2D eigenvalue weighted by Crippen LogP contribution is -2.38. The van der Waals surface area contributed by atoms with Crippen LogP contribution in [0.25, 0.3) is 0 Å². The number of hydrogen-bond donors (Lipinski definition) is 3. The van der Waals surface area contributed by atoms with Crippen molar-refractivity contribution in [2.45, 2.75) is 30.6 Å². The average molecular weight is 248 g/mol. The highest BCUT2D eigenvalue weighted by Crippen LogP contribution is 2.13. The molecule has 0 aromatic rings. The van der Waals surface area contributed by atoms with Gasteiger partial charge in [0.05, 0.1) is 0 Å². The molecule has 0 aromatic carbocycles. The molecule has 0 radical (unpaired) electrons. The lowest BCUT2D eigenvalue weighted by atomic mass is 10.2. The van der Waals surface area contributed by atoms with Crippen molar-refractivity contribution in [2.24, 2.45) is 5.73 Å². The zero-order valence-corrected chi connectivity index (χ0v) is 9.66. The maximum atomic E-state index is 11.8. The second kappa shape index (κ2) is 5.95. The van der Waals surface area contributed by atoms with Crippen LogP contribution in [0.3, 0.4) is 0 Å². The quantitative estimate of drug-likeness (QED) is 0.580. The maximum Gasteiger partial charge on any atom is 0.321 e. The molecule has 7 heteroatoms. The van der Waals surface area contributed by atoms with E-state index in [0.29, 0.717) is 25.8 Å². The largest absolute Gasteiger partial charge is 0.480 e. The van der Waals surface area contributed by atoms with Crippen LogP contribution in [0.2, 0.25) is 0 Å². The summed E-state index contributed by atoms with van der Waals surface area (Å²) in [4.78, 5) is 21.6. The molecule has 1 saturated heterocycles. The summed E-state index contributed by atoms with van der Waals surface area (Å²) in [6.45, 7) is 0.498. The number of amides is 1. The molecule has 3 atom stereocenters. The Morgan fingerprint density at radius 2 is 2.31 bits per heavy atom. The Bertz CT molecular complexity index is 308. The zero-order chi connectivity index (χ0) is 12.1. The second-order valence-corrected chi connectivity index (χ2v) is 5.55. The van der Waals surface area contributed by atoms with Crippen molar-refractivity contribution in [3.8, 4) is 0 Å². The highest BCUT2D eigenvalue weighted by Gasteiger charge is 2.24. The summed E-state index contributed by atoms with van der Waals surface area (Å²) in [5.74, 6) is -1.23. The summed E-state index contributed by atoms with van der Waals surface area (Å²) in [7, 11) is -1.28. The van der Waals surface area contributed by atoms with Gasteiger partial charge in [0.15, 0.2) is 0 Å². The smallest absolute Gasteiger partial charge is 0.321 e. The Kier molecular flexibility index (Phi) is 4.88. The van der Waals surface area contributed by atoms with Crippen LogP contribution in [0.4, 0.5) is 0 Å². The maximum absolute atomic E-state index is 11.8. The predicted octanol–water partition coefficient (Wildman–Crippen LogP) is -1.18. The minimum absolute atomic E-state index is 0.0398. The van der Waals surface area contributed by atoms with Gasteiger partial charge in [-0.05, 0) is 12.8 Å². The standard InChI is InChI=1S/C9H16N2O4S/c10-7(9(13)14)5-16(15)6-1-2-8(12)11-4-3-6/h6-7H,1-5,10H2,(H,11,12)(H,13,14). The van der Waals surface area contributed by atoms with Gasteiger partial charge < -0.3 is 16.2 Å². The van der Waals surface area contributed by atoms with E-state index >= 15 is 0 Å². The van der Waals surface area contributed by atoms with Crippen LogP contribution in [0.5, 0.6) is 0 Å². The minimum atomic E-state index is -1.28. The van der Waals surface area contributed by atoms with E-state index in [2.05, 4.69) is 5.32 Å². The van der Waals surface area contributed by atoms with Gasteiger partial charge >= 0.3 is 5.97 Å². The number of nitrogens with two attached hydrogens (primary N) is 1. The number of carbonyl (C=O) groups excluding carboxylic acids is 1. The third-order valence-corrected chi connectivity index (χ3v) is 4.42. The number of nitrogens with one attached hydrogen (secondary N) is 1. The number of carbonyl (C=O) groups is 2. The third-order valence-electron chi connectivity index (χ3n) is 2.51. The van der Waals surface area contributed by atoms with Crippen molar-refractivity contribution in [1.29, 1.82) is 0 Å². The lowest BCUT2D eigenvalue weighted by molar-refractivity contribution is -0.138. The fourth-order valence-corrected chi connectivity index (χ4v) is 3.07. The number of aliphatic carboxylic acids is 1. The molecule has 0 bridgehead atoms. The van der Waals surface area contributed by atoms with E-state index in [9.17, 15) is 13.8 Å². The zero-order valence-electron chi connectivity index (χ0n) is 8.85. The monoisotopic (exact) mass is 248 g/mol. The van der Waals surface area contributed by atoms with Crippen LogP contribution in [0, 0.1) is 0 Å². The Morgan fingerprint density at radius 3 is 2.94 bits per heavy atom. The van der Waals surface area contributed by atoms with Crippen LogP contribution in [-0.2, 0) is 20.4 Å². The summed E-state index contributed by atoms with van der Waals surface area (Å²) >= 11 is 0. The molecule has 6 nitrogen and oxygen atoms in total. The molecule has 1 aliphatic heterocycles. The van der Waals surface area contributed by atoms with Crippen LogP contribution in [-0.4, -0.2) is 44.8 Å². The lowest BCUT2D eigenvalue weighted by Gasteiger charge is -2.14. The molecular weight excluding hydrogens is 232 g/mol. The van der Waals surface area contributed by atoms with Gasteiger partial charge in [-0.3, -0.25) is 13.8 Å². The average Bonchev–Trinajstić information content (AvgIpc) is 2.42. The van der Waals surface area contributed by atoms with Crippen LogP contribution >= 0.6 is 0 Å². The molecule has 3 unspecified atom stereocenters. The van der Waals surface area contributed by atoms with Crippen LogP contribution in [0.1, 0.15) is 19.3 Å². The highest BCUT2D eigenvalue weighted by atomic mass is 32.2. The molecule has 92 valence electrons. The molecule has 1 fully saturated rings. The summed E-state index contributed by atoms with van der Waals surface area (Å²) in [6.07, 6.45) is 1.49. The van der Waals surface area contributed by atoms with Crippen molar-refractivity contribution in [3.63, 3.8) is 0 Å². The normalized spacial score (nSPS) is 25.3. The van der Waals surface area contributed by atoms with Crippen LogP contribution in [0.15, 0.2) is 0 Å². The van der Waals surface area contributed by atoms with E-state index in [1.54, 1.807) is 0 Å². The van der Waals surface area contributed by atoms with Crippen molar-refractivity contribution in [1.82, 2.24) is 5.32 Å². The highest BCUT2D eigenvalue weighted by molar-refractivity contribution is 7.85. The van der Waals surface area contributed by atoms with Gasteiger partial charge in [0.1, 0.15) is 6.04 Å². The number of rotatable bonds is 4. The van der Waals surface area contributed by atoms with Crippen molar-refractivity contribution < 1.29 is 18.9 Å². The number of hydrogen-bond acceptors (Lipinski definition) is 4. The molecule has 0 aromatic heterocycles. The molecule has 1 rings (SSSR count). The SMILES string of the molecule is NC(CS(=O)C1CCNC(=O)CC1)C(=O)O. The Morgan fingerprint density at radius 1 is 1.62 bits per heavy atom. The third kappa shape index (κ3) is 3.90. The minimum Gasteiger partial charge on any atom is -0.480 e. The van der Waals surface area contributed by atoms with Gasteiger partial charge in [0.2, 0.25) is 5.91 Å². The van der Waals surface area contributed by atoms with Crippen molar-refractivity contribution in [3.05, 3.63) is 0 Å². The molecule has 1 aliphatic rings. The number of carboxylic acid groups (broad SMARTS) is 1. The van der Waals surface area contributed by atoms with Gasteiger partial charge in [0, 0.05) is 34.8 Å². The van der Waals surface area contributed by atoms with Gasteiger partial charge in [-0.2, -0.15) is 0 Å². The number of carboxylic acids is 1. The Balaban J connectivity index is 2.47. The molecule has 0 spiro atoms. The molecule has 1 heterocycles. The van der Waals surface area contributed by atoms with E-state index in [1.807, 2.05) is 0 Å². The second-order valence-electron chi connectivity index (χ2n) is 3.79. The first-order chi connectivity index (χ1) is 7.50. The first-order valence-electron chi connectivity index (χ1n) is 5.13. The van der Waals surface area contributed by atoms with Gasteiger partial charge in [-0.15, -0.1) is 0 Å². The fourth-order valence-electron chi connectivity index (χ4n) is 1.54. The van der Waals surface area contributed by atoms with Crippen molar-refractivity contribution in [2.75, 3.05) is 12.3 Å². The van der Waals surface area contributed by atoms with E-state index in [4.69, 9.17) is 10.8 Å². The molecule has 0 saturated carbocycles. The van der Waals surface area contributed by atoms with E-state index in [-0.39, 0.29) is 16.9 Å². The summed E-state index contributed by atoms with van der Waals surface area (Å²) < 4.78 is 11.8. The first-order valence-corrected chi connectivity index (χ1v) is 6.51. The van der Waals surface area contributed by atoms with E-state index in [1.165, 1.54) is 0 Å². The van der Waals surface area contributed by atoms with Gasteiger partial charge in [-0.1, -0.05) is 0 Å². The fraction of sp³-hybridized carbons (Fsp3) is 0.778. The summed E-state index contributed by atoms with van der Waals surface area (Å²) in [5, 5.41) is 11.2. The summed E-state index contributed by atoms with van der Waals surface area (Å²) in [5.41, 5.74) is 5.32. The van der Waals surface area contributed by atoms with E-state index < -0.39 is 22.8 Å². The molecule has 1 amide bonds. The molecule has 4 N–H and O–H groups in total.